The molecular weight excluding hydrogens is 396 g/mol. The number of carbonyl (C=O) groups excluding carboxylic acids is 2. The van der Waals surface area contributed by atoms with E-state index in [1.54, 1.807) is 4.90 Å². The molecule has 0 bridgehead atoms. The van der Waals surface area contributed by atoms with Gasteiger partial charge in [0, 0.05) is 20.0 Å². The quantitative estimate of drug-likeness (QED) is 0.476. The van der Waals surface area contributed by atoms with E-state index in [0.717, 1.165) is 28.7 Å². The molecule has 2 N–H and O–H groups in total. The molecule has 4 nitrogen and oxygen atoms in total. The summed E-state index contributed by atoms with van der Waals surface area (Å²) in [6, 6.07) is 28.2. The highest BCUT2D eigenvalue weighted by molar-refractivity contribution is 5.84. The van der Waals surface area contributed by atoms with E-state index in [1.165, 1.54) is 5.56 Å². The Balaban J connectivity index is 1.62. The van der Waals surface area contributed by atoms with Gasteiger partial charge in [-0.15, -0.1) is 0 Å². The molecule has 0 atom stereocenters. The fourth-order valence-corrected chi connectivity index (χ4v) is 3.52. The lowest BCUT2D eigenvalue weighted by atomic mass is 9.97. The highest BCUT2D eigenvalue weighted by atomic mass is 16.2. The molecule has 0 radical (unpaired) electrons. The first kappa shape index (κ1) is 23.0. The standard InChI is InChI=1S/C28H30N2O2/c1-30(19-18-22-8-4-2-5-9-22)28(32)21-24-14-12-23(13-15-24)20-26(16-17-27(29)31)25-10-6-3-7-11-25/h2-15,20H,16-19,21H2,1H3,(H2,29,31). The molecule has 0 unspecified atom stereocenters. The van der Waals surface area contributed by atoms with Crippen LogP contribution in [0.25, 0.3) is 11.6 Å². The Morgan fingerprint density at radius 1 is 0.812 bits per heavy atom. The van der Waals surface area contributed by atoms with Crippen LogP contribution >= 0.6 is 0 Å². The largest absolute Gasteiger partial charge is 0.370 e. The molecule has 0 saturated carbocycles. The summed E-state index contributed by atoms with van der Waals surface area (Å²) in [6.45, 7) is 0.698. The summed E-state index contributed by atoms with van der Waals surface area (Å²) < 4.78 is 0. The minimum atomic E-state index is -0.308. The predicted octanol–water partition coefficient (Wildman–Crippen LogP) is 4.74. The van der Waals surface area contributed by atoms with E-state index in [-0.39, 0.29) is 11.8 Å². The Kier molecular flexibility index (Phi) is 8.38. The van der Waals surface area contributed by atoms with Crippen molar-refractivity contribution in [3.63, 3.8) is 0 Å². The van der Waals surface area contributed by atoms with E-state index >= 15 is 0 Å². The van der Waals surface area contributed by atoms with Crippen molar-refractivity contribution in [2.24, 2.45) is 5.73 Å². The molecule has 0 spiro atoms. The summed E-state index contributed by atoms with van der Waals surface area (Å²) in [5, 5.41) is 0. The second-order valence-electron chi connectivity index (χ2n) is 7.97. The highest BCUT2D eigenvalue weighted by Gasteiger charge is 2.10. The van der Waals surface area contributed by atoms with Crippen molar-refractivity contribution in [1.82, 2.24) is 4.90 Å². The number of hydrogen-bond donors (Lipinski definition) is 1. The third-order valence-corrected chi connectivity index (χ3v) is 5.47. The molecule has 164 valence electrons. The van der Waals surface area contributed by atoms with Crippen LogP contribution < -0.4 is 5.73 Å². The molecule has 0 heterocycles. The zero-order chi connectivity index (χ0) is 22.8. The maximum atomic E-state index is 12.6. The van der Waals surface area contributed by atoms with Gasteiger partial charge in [-0.2, -0.15) is 0 Å². The molecular formula is C28H30N2O2. The summed E-state index contributed by atoms with van der Waals surface area (Å²) in [5.41, 5.74) is 10.7. The topological polar surface area (TPSA) is 63.4 Å². The smallest absolute Gasteiger partial charge is 0.226 e. The molecule has 0 aliphatic rings. The number of carbonyl (C=O) groups is 2. The second kappa shape index (κ2) is 11.7. The van der Waals surface area contributed by atoms with Crippen molar-refractivity contribution >= 4 is 23.5 Å². The molecule has 32 heavy (non-hydrogen) atoms. The van der Waals surface area contributed by atoms with Crippen LogP contribution in [-0.4, -0.2) is 30.3 Å². The average molecular weight is 427 g/mol. The second-order valence-corrected chi connectivity index (χ2v) is 7.97. The molecule has 3 aromatic carbocycles. The van der Waals surface area contributed by atoms with E-state index in [4.69, 9.17) is 5.73 Å². The Labute approximate surface area is 190 Å². The van der Waals surface area contributed by atoms with Crippen molar-refractivity contribution in [3.05, 3.63) is 107 Å². The van der Waals surface area contributed by atoms with E-state index < -0.39 is 0 Å². The molecule has 3 aromatic rings. The van der Waals surface area contributed by atoms with Gasteiger partial charge in [0.1, 0.15) is 0 Å². The van der Waals surface area contributed by atoms with Gasteiger partial charge in [-0.3, -0.25) is 9.59 Å². The fraction of sp³-hybridized carbons (Fsp3) is 0.214. The van der Waals surface area contributed by atoms with Gasteiger partial charge in [0.15, 0.2) is 0 Å². The maximum absolute atomic E-state index is 12.6. The van der Waals surface area contributed by atoms with E-state index in [2.05, 4.69) is 18.2 Å². The molecule has 0 aliphatic heterocycles. The van der Waals surface area contributed by atoms with Crippen LogP contribution in [0, 0.1) is 0 Å². The maximum Gasteiger partial charge on any atom is 0.226 e. The number of nitrogens with two attached hydrogens (primary N) is 1. The number of allylic oxidation sites excluding steroid dienone is 1. The predicted molar refractivity (Wildman–Crippen MR) is 131 cm³/mol. The van der Waals surface area contributed by atoms with Gasteiger partial charge in [0.05, 0.1) is 6.42 Å². The number of amides is 2. The summed E-state index contributed by atoms with van der Waals surface area (Å²) in [6.07, 6.45) is 4.20. The van der Waals surface area contributed by atoms with Crippen LogP contribution in [0.2, 0.25) is 0 Å². The number of primary amides is 1. The summed E-state index contributed by atoms with van der Waals surface area (Å²) in [4.78, 5) is 25.7. The lowest BCUT2D eigenvalue weighted by Gasteiger charge is -2.17. The van der Waals surface area contributed by atoms with Crippen molar-refractivity contribution in [1.29, 1.82) is 0 Å². The lowest BCUT2D eigenvalue weighted by Crippen LogP contribution is -2.30. The zero-order valence-electron chi connectivity index (χ0n) is 18.5. The lowest BCUT2D eigenvalue weighted by molar-refractivity contribution is -0.129. The molecule has 3 rings (SSSR count). The SMILES string of the molecule is CN(CCc1ccccc1)C(=O)Cc1ccc(C=C(CCC(N)=O)c2ccccc2)cc1. The van der Waals surface area contributed by atoms with E-state index in [1.807, 2.05) is 79.8 Å². The number of rotatable bonds is 10. The third kappa shape index (κ3) is 7.24. The number of hydrogen-bond acceptors (Lipinski definition) is 2. The first-order valence-corrected chi connectivity index (χ1v) is 10.9. The van der Waals surface area contributed by atoms with Crippen LogP contribution in [0.5, 0.6) is 0 Å². The Bertz CT molecular complexity index is 1040. The Morgan fingerprint density at radius 2 is 1.44 bits per heavy atom. The molecule has 0 aromatic heterocycles. The van der Waals surface area contributed by atoms with Crippen LogP contribution in [0.1, 0.15) is 35.1 Å². The number of likely N-dealkylation sites (N-methyl/N-ethyl adjacent to an activating group) is 1. The van der Waals surface area contributed by atoms with E-state index in [0.29, 0.717) is 25.8 Å². The van der Waals surface area contributed by atoms with Crippen molar-refractivity contribution in [2.45, 2.75) is 25.7 Å². The van der Waals surface area contributed by atoms with Gasteiger partial charge in [-0.05, 0) is 40.7 Å². The third-order valence-electron chi connectivity index (χ3n) is 5.47. The minimum absolute atomic E-state index is 0.107. The first-order valence-electron chi connectivity index (χ1n) is 10.9. The van der Waals surface area contributed by atoms with Crippen LogP contribution in [-0.2, 0) is 22.4 Å². The fourth-order valence-electron chi connectivity index (χ4n) is 3.52. The van der Waals surface area contributed by atoms with Gasteiger partial charge in [-0.1, -0.05) is 91.0 Å². The van der Waals surface area contributed by atoms with Gasteiger partial charge in [0.2, 0.25) is 11.8 Å². The van der Waals surface area contributed by atoms with Gasteiger partial charge in [-0.25, -0.2) is 0 Å². The average Bonchev–Trinajstić information content (AvgIpc) is 2.82. The van der Waals surface area contributed by atoms with Gasteiger partial charge < -0.3 is 10.6 Å². The molecule has 0 fully saturated rings. The van der Waals surface area contributed by atoms with Crippen LogP contribution in [0.4, 0.5) is 0 Å². The summed E-state index contributed by atoms with van der Waals surface area (Å²) >= 11 is 0. The molecule has 4 heteroatoms. The molecule has 0 aliphatic carbocycles. The highest BCUT2D eigenvalue weighted by Crippen LogP contribution is 2.23. The Morgan fingerprint density at radius 3 is 2.06 bits per heavy atom. The van der Waals surface area contributed by atoms with Gasteiger partial charge >= 0.3 is 0 Å². The first-order chi connectivity index (χ1) is 15.5. The Hall–Kier alpha value is -3.66. The summed E-state index contributed by atoms with van der Waals surface area (Å²) in [7, 11) is 1.85. The number of benzene rings is 3. The van der Waals surface area contributed by atoms with E-state index in [9.17, 15) is 9.59 Å². The monoisotopic (exact) mass is 426 g/mol. The van der Waals surface area contributed by atoms with Crippen molar-refractivity contribution in [2.75, 3.05) is 13.6 Å². The molecule has 0 saturated heterocycles. The van der Waals surface area contributed by atoms with Crippen LogP contribution in [0.15, 0.2) is 84.9 Å². The minimum Gasteiger partial charge on any atom is -0.370 e. The van der Waals surface area contributed by atoms with Crippen LogP contribution in [0.3, 0.4) is 0 Å². The normalized spacial score (nSPS) is 11.2. The van der Waals surface area contributed by atoms with Gasteiger partial charge in [0.25, 0.3) is 0 Å². The zero-order valence-corrected chi connectivity index (χ0v) is 18.5. The molecule has 2 amide bonds. The van der Waals surface area contributed by atoms with Crippen molar-refractivity contribution in [3.8, 4) is 0 Å². The summed E-state index contributed by atoms with van der Waals surface area (Å²) in [5.74, 6) is -0.201. The van der Waals surface area contributed by atoms with Crippen molar-refractivity contribution < 1.29 is 9.59 Å². The number of nitrogens with zero attached hydrogens (tertiary/aromatic N) is 1.